The minimum absolute atomic E-state index is 0.599. The van der Waals surface area contributed by atoms with Crippen molar-refractivity contribution in [2.45, 2.75) is 32.2 Å². The third-order valence-electron chi connectivity index (χ3n) is 4.76. The second-order valence-electron chi connectivity index (χ2n) is 6.82. The zero-order chi connectivity index (χ0) is 14.4. The average molecular weight is 283 g/mol. The third kappa shape index (κ3) is 4.99. The zero-order valence-corrected chi connectivity index (χ0v) is 13.6. The lowest BCUT2D eigenvalue weighted by Crippen LogP contribution is -2.46. The van der Waals surface area contributed by atoms with Gasteiger partial charge in [-0.25, -0.2) is 0 Å². The number of rotatable bonds is 8. The van der Waals surface area contributed by atoms with Crippen molar-refractivity contribution >= 4 is 0 Å². The van der Waals surface area contributed by atoms with Gasteiger partial charge in [-0.3, -0.25) is 0 Å². The van der Waals surface area contributed by atoms with E-state index >= 15 is 0 Å². The van der Waals surface area contributed by atoms with Gasteiger partial charge in [0.25, 0.3) is 0 Å². The second-order valence-corrected chi connectivity index (χ2v) is 6.82. The van der Waals surface area contributed by atoms with E-state index in [9.17, 15) is 0 Å². The first kappa shape index (κ1) is 16.2. The molecule has 0 aromatic carbocycles. The molecule has 118 valence electrons. The lowest BCUT2D eigenvalue weighted by Gasteiger charge is -2.30. The molecule has 0 aliphatic carbocycles. The minimum Gasteiger partial charge on any atom is -0.381 e. The van der Waals surface area contributed by atoms with Crippen LogP contribution in [0.4, 0.5) is 0 Å². The number of hydrogen-bond acceptors (Lipinski definition) is 4. The first-order valence-electron chi connectivity index (χ1n) is 8.37. The number of ether oxygens (including phenoxy) is 1. The van der Waals surface area contributed by atoms with E-state index in [0.717, 1.165) is 32.2 Å². The molecule has 3 unspecified atom stereocenters. The number of nitrogens with zero attached hydrogens (tertiary/aromatic N) is 2. The van der Waals surface area contributed by atoms with Crippen LogP contribution in [-0.4, -0.2) is 75.9 Å². The fourth-order valence-electron chi connectivity index (χ4n) is 3.61. The van der Waals surface area contributed by atoms with Gasteiger partial charge >= 0.3 is 0 Å². The quantitative estimate of drug-likeness (QED) is 0.726. The number of hydrogen-bond donors (Lipinski definition) is 1. The molecule has 4 heteroatoms. The van der Waals surface area contributed by atoms with Gasteiger partial charge in [-0.15, -0.1) is 0 Å². The van der Waals surface area contributed by atoms with Gasteiger partial charge in [-0.2, -0.15) is 0 Å². The highest BCUT2D eigenvalue weighted by Gasteiger charge is 2.27. The summed E-state index contributed by atoms with van der Waals surface area (Å²) in [7, 11) is 4.52. The molecule has 2 saturated heterocycles. The maximum absolute atomic E-state index is 5.58. The highest BCUT2D eigenvalue weighted by atomic mass is 16.5. The molecule has 2 fully saturated rings. The molecule has 0 spiro atoms. The smallest absolute Gasteiger partial charge is 0.0510 e. The Morgan fingerprint density at radius 2 is 2.25 bits per heavy atom. The van der Waals surface area contributed by atoms with Crippen LogP contribution in [0.25, 0.3) is 0 Å². The van der Waals surface area contributed by atoms with Crippen molar-refractivity contribution in [2.75, 3.05) is 60.0 Å². The van der Waals surface area contributed by atoms with Crippen molar-refractivity contribution in [2.24, 2.45) is 11.8 Å². The molecule has 20 heavy (non-hydrogen) atoms. The molecule has 0 radical (unpaired) electrons. The van der Waals surface area contributed by atoms with Crippen LogP contribution in [0.15, 0.2) is 0 Å². The Bertz CT molecular complexity index is 268. The Balaban J connectivity index is 1.76. The van der Waals surface area contributed by atoms with Crippen LogP contribution in [0, 0.1) is 11.8 Å². The van der Waals surface area contributed by atoms with Crippen molar-refractivity contribution in [3.63, 3.8) is 0 Å². The first-order valence-corrected chi connectivity index (χ1v) is 8.37. The van der Waals surface area contributed by atoms with Crippen LogP contribution in [-0.2, 0) is 4.74 Å². The molecule has 2 aliphatic heterocycles. The van der Waals surface area contributed by atoms with Crippen molar-refractivity contribution in [1.29, 1.82) is 0 Å². The van der Waals surface area contributed by atoms with E-state index in [4.69, 9.17) is 4.74 Å². The van der Waals surface area contributed by atoms with Crippen molar-refractivity contribution in [1.82, 2.24) is 15.1 Å². The van der Waals surface area contributed by atoms with Gasteiger partial charge in [0.2, 0.25) is 0 Å². The molecular weight excluding hydrogens is 250 g/mol. The molecule has 0 amide bonds. The number of likely N-dealkylation sites (N-methyl/N-ethyl adjacent to an activating group) is 1. The van der Waals surface area contributed by atoms with E-state index < -0.39 is 0 Å². The summed E-state index contributed by atoms with van der Waals surface area (Å²) in [6, 6.07) is 0.599. The van der Waals surface area contributed by atoms with Gasteiger partial charge in [0.15, 0.2) is 0 Å². The molecule has 4 nitrogen and oxygen atoms in total. The van der Waals surface area contributed by atoms with E-state index in [1.807, 2.05) is 0 Å². The Kier molecular flexibility index (Phi) is 6.75. The Labute approximate surface area is 124 Å². The Morgan fingerprint density at radius 3 is 2.85 bits per heavy atom. The molecule has 2 heterocycles. The van der Waals surface area contributed by atoms with E-state index in [1.54, 1.807) is 0 Å². The van der Waals surface area contributed by atoms with E-state index in [2.05, 4.69) is 36.1 Å². The van der Waals surface area contributed by atoms with E-state index in [-0.39, 0.29) is 0 Å². The standard InChI is InChI=1S/C16H33N3O/c1-4-7-17-16(15-6-9-20-13-15)12-19(3)11-14-5-8-18(2)10-14/h14-17H,4-13H2,1-3H3. The predicted molar refractivity (Wildman–Crippen MR) is 84.1 cm³/mol. The largest absolute Gasteiger partial charge is 0.381 e. The second kappa shape index (κ2) is 8.32. The Hall–Kier alpha value is -0.160. The predicted octanol–water partition coefficient (Wildman–Crippen LogP) is 1.27. The molecule has 0 saturated carbocycles. The lowest BCUT2D eigenvalue weighted by atomic mass is 9.98. The summed E-state index contributed by atoms with van der Waals surface area (Å²) in [5.41, 5.74) is 0. The fraction of sp³-hybridized carbons (Fsp3) is 1.00. The topological polar surface area (TPSA) is 27.7 Å². The van der Waals surface area contributed by atoms with Gasteiger partial charge in [-0.05, 0) is 52.4 Å². The van der Waals surface area contributed by atoms with Crippen molar-refractivity contribution in [3.8, 4) is 0 Å². The fourth-order valence-corrected chi connectivity index (χ4v) is 3.61. The molecule has 0 aromatic rings. The summed E-state index contributed by atoms with van der Waals surface area (Å²) in [5, 5.41) is 3.74. The van der Waals surface area contributed by atoms with Gasteiger partial charge < -0.3 is 19.9 Å². The summed E-state index contributed by atoms with van der Waals surface area (Å²) < 4.78 is 5.58. The molecule has 2 aliphatic rings. The molecule has 0 bridgehead atoms. The van der Waals surface area contributed by atoms with E-state index in [1.165, 1.54) is 38.9 Å². The lowest BCUT2D eigenvalue weighted by molar-refractivity contribution is 0.163. The van der Waals surface area contributed by atoms with Gasteiger partial charge in [-0.1, -0.05) is 6.92 Å². The third-order valence-corrected chi connectivity index (χ3v) is 4.76. The molecule has 0 aromatic heterocycles. The summed E-state index contributed by atoms with van der Waals surface area (Å²) >= 11 is 0. The summed E-state index contributed by atoms with van der Waals surface area (Å²) in [5.74, 6) is 1.56. The molecular formula is C16H33N3O. The summed E-state index contributed by atoms with van der Waals surface area (Å²) in [6.07, 6.45) is 3.79. The van der Waals surface area contributed by atoms with Gasteiger partial charge in [0.05, 0.1) is 6.61 Å². The summed E-state index contributed by atoms with van der Waals surface area (Å²) in [6.45, 7) is 10.2. The SMILES string of the molecule is CCCNC(CN(C)CC1CCN(C)C1)C1CCOC1. The number of nitrogens with one attached hydrogen (secondary N) is 1. The van der Waals surface area contributed by atoms with Crippen LogP contribution in [0.5, 0.6) is 0 Å². The van der Waals surface area contributed by atoms with Crippen LogP contribution >= 0.6 is 0 Å². The van der Waals surface area contributed by atoms with Crippen molar-refractivity contribution < 1.29 is 4.74 Å². The zero-order valence-electron chi connectivity index (χ0n) is 13.6. The van der Waals surface area contributed by atoms with Crippen LogP contribution in [0.3, 0.4) is 0 Å². The monoisotopic (exact) mass is 283 g/mol. The molecule has 1 N–H and O–H groups in total. The van der Waals surface area contributed by atoms with E-state index in [0.29, 0.717) is 12.0 Å². The molecule has 2 rings (SSSR count). The van der Waals surface area contributed by atoms with Crippen LogP contribution in [0.2, 0.25) is 0 Å². The normalized spacial score (nSPS) is 29.4. The summed E-state index contributed by atoms with van der Waals surface area (Å²) in [4.78, 5) is 4.99. The maximum Gasteiger partial charge on any atom is 0.0510 e. The maximum atomic E-state index is 5.58. The van der Waals surface area contributed by atoms with Gasteiger partial charge in [0, 0.05) is 38.2 Å². The van der Waals surface area contributed by atoms with Crippen LogP contribution in [0.1, 0.15) is 26.2 Å². The van der Waals surface area contributed by atoms with Gasteiger partial charge in [0.1, 0.15) is 0 Å². The van der Waals surface area contributed by atoms with Crippen LogP contribution < -0.4 is 5.32 Å². The highest BCUT2D eigenvalue weighted by molar-refractivity contribution is 4.83. The Morgan fingerprint density at radius 1 is 1.40 bits per heavy atom. The van der Waals surface area contributed by atoms with Crippen molar-refractivity contribution in [3.05, 3.63) is 0 Å². The first-order chi connectivity index (χ1) is 9.69. The number of likely N-dealkylation sites (tertiary alicyclic amines) is 1. The highest BCUT2D eigenvalue weighted by Crippen LogP contribution is 2.19. The minimum atomic E-state index is 0.599. The average Bonchev–Trinajstić information content (AvgIpc) is 3.06. The molecule has 3 atom stereocenters.